The molecular weight excluding hydrogens is 198 g/mol. The minimum absolute atomic E-state index is 0.212. The lowest BCUT2D eigenvalue weighted by molar-refractivity contribution is -0.137. The van der Waals surface area contributed by atoms with Gasteiger partial charge in [-0.3, -0.25) is 0 Å². The van der Waals surface area contributed by atoms with E-state index in [-0.39, 0.29) is 6.79 Å². The first-order valence-corrected chi connectivity index (χ1v) is 4.66. The van der Waals surface area contributed by atoms with Crippen LogP contribution in [0.1, 0.15) is 5.56 Å². The van der Waals surface area contributed by atoms with Crippen molar-refractivity contribution in [2.45, 2.75) is 12.5 Å². The molecule has 5 heteroatoms. The Labute approximate surface area is 85.6 Å². The zero-order chi connectivity index (χ0) is 10.4. The van der Waals surface area contributed by atoms with Gasteiger partial charge in [-0.2, -0.15) is 0 Å². The molecule has 2 aliphatic rings. The van der Waals surface area contributed by atoms with Crippen LogP contribution in [-0.4, -0.2) is 23.9 Å². The van der Waals surface area contributed by atoms with Crippen molar-refractivity contribution in [2.75, 3.05) is 12.1 Å². The molecule has 0 fully saturated rings. The molecule has 0 radical (unpaired) electrons. The Morgan fingerprint density at radius 2 is 2.33 bits per heavy atom. The zero-order valence-corrected chi connectivity index (χ0v) is 7.82. The SMILES string of the molecule is O=C(O)[C@H]1Cc2c(ccc3c2OCO3)N1. The minimum Gasteiger partial charge on any atom is -0.480 e. The highest BCUT2D eigenvalue weighted by molar-refractivity contribution is 5.83. The number of rotatable bonds is 1. The lowest BCUT2D eigenvalue weighted by Crippen LogP contribution is -2.26. The van der Waals surface area contributed by atoms with Crippen LogP contribution in [0.3, 0.4) is 0 Å². The molecule has 1 aromatic rings. The van der Waals surface area contributed by atoms with Crippen LogP contribution < -0.4 is 14.8 Å². The molecule has 0 unspecified atom stereocenters. The number of fused-ring (bicyclic) bond motifs is 3. The van der Waals surface area contributed by atoms with E-state index in [1.165, 1.54) is 0 Å². The lowest BCUT2D eigenvalue weighted by Gasteiger charge is -2.03. The fourth-order valence-electron chi connectivity index (χ4n) is 1.96. The standard InChI is InChI=1S/C10H9NO4/c12-10(13)7-3-5-6(11-7)1-2-8-9(5)15-4-14-8/h1-2,7,11H,3-4H2,(H,12,13)/t7-/m1/s1. The molecule has 2 heterocycles. The molecule has 0 bridgehead atoms. The number of hydrogen-bond acceptors (Lipinski definition) is 4. The third-order valence-corrected chi connectivity index (χ3v) is 2.68. The summed E-state index contributed by atoms with van der Waals surface area (Å²) in [6.07, 6.45) is 0.442. The van der Waals surface area contributed by atoms with E-state index in [0.29, 0.717) is 17.9 Å². The summed E-state index contributed by atoms with van der Waals surface area (Å²) in [7, 11) is 0. The third kappa shape index (κ3) is 1.12. The number of benzene rings is 1. The lowest BCUT2D eigenvalue weighted by atomic mass is 10.1. The van der Waals surface area contributed by atoms with Crippen molar-refractivity contribution in [3.63, 3.8) is 0 Å². The number of carboxylic acid groups (broad SMARTS) is 1. The van der Waals surface area contributed by atoms with Crippen LogP contribution in [0.4, 0.5) is 5.69 Å². The number of carboxylic acids is 1. The average molecular weight is 207 g/mol. The second kappa shape index (κ2) is 2.79. The van der Waals surface area contributed by atoms with E-state index in [1.54, 1.807) is 6.07 Å². The van der Waals surface area contributed by atoms with Gasteiger partial charge in [-0.1, -0.05) is 0 Å². The highest BCUT2D eigenvalue weighted by Gasteiger charge is 2.32. The molecule has 2 N–H and O–H groups in total. The van der Waals surface area contributed by atoms with Gasteiger partial charge < -0.3 is 19.9 Å². The fourth-order valence-corrected chi connectivity index (χ4v) is 1.96. The number of carbonyl (C=O) groups is 1. The van der Waals surface area contributed by atoms with Gasteiger partial charge in [0.05, 0.1) is 0 Å². The van der Waals surface area contributed by atoms with Crippen molar-refractivity contribution in [3.05, 3.63) is 17.7 Å². The Balaban J connectivity index is 2.03. The molecule has 15 heavy (non-hydrogen) atoms. The first-order chi connectivity index (χ1) is 7.25. The van der Waals surface area contributed by atoms with Gasteiger partial charge in [0, 0.05) is 17.7 Å². The second-order valence-electron chi connectivity index (χ2n) is 3.56. The Kier molecular flexibility index (Phi) is 1.56. The minimum atomic E-state index is -0.848. The third-order valence-electron chi connectivity index (χ3n) is 2.68. The molecule has 1 atom stereocenters. The number of nitrogens with one attached hydrogen (secondary N) is 1. The maximum Gasteiger partial charge on any atom is 0.326 e. The molecule has 0 aromatic heterocycles. The smallest absolute Gasteiger partial charge is 0.326 e. The predicted octanol–water partition coefficient (Wildman–Crippen LogP) is 0.836. The molecule has 78 valence electrons. The van der Waals surface area contributed by atoms with E-state index in [1.807, 2.05) is 6.07 Å². The van der Waals surface area contributed by atoms with Crippen molar-refractivity contribution in [1.82, 2.24) is 0 Å². The van der Waals surface area contributed by atoms with E-state index in [4.69, 9.17) is 14.6 Å². The molecule has 0 saturated carbocycles. The van der Waals surface area contributed by atoms with E-state index in [2.05, 4.69) is 5.32 Å². The number of hydrogen-bond donors (Lipinski definition) is 2. The van der Waals surface area contributed by atoms with Gasteiger partial charge in [0.15, 0.2) is 11.5 Å². The van der Waals surface area contributed by atoms with Gasteiger partial charge >= 0.3 is 5.97 Å². The van der Waals surface area contributed by atoms with Crippen LogP contribution in [0.2, 0.25) is 0 Å². The summed E-state index contributed by atoms with van der Waals surface area (Å²) in [5.74, 6) is 0.532. The maximum atomic E-state index is 10.8. The normalized spacial score (nSPS) is 20.9. The van der Waals surface area contributed by atoms with Crippen LogP contribution in [0.15, 0.2) is 12.1 Å². The van der Waals surface area contributed by atoms with E-state index in [0.717, 1.165) is 11.3 Å². The summed E-state index contributed by atoms with van der Waals surface area (Å²) in [5, 5.41) is 11.8. The van der Waals surface area contributed by atoms with Crippen LogP contribution in [0.5, 0.6) is 11.5 Å². The second-order valence-corrected chi connectivity index (χ2v) is 3.56. The summed E-state index contributed by atoms with van der Waals surface area (Å²) in [6.45, 7) is 0.212. The maximum absolute atomic E-state index is 10.8. The van der Waals surface area contributed by atoms with Crippen molar-refractivity contribution in [3.8, 4) is 11.5 Å². The number of anilines is 1. The van der Waals surface area contributed by atoms with Crippen LogP contribution in [0, 0.1) is 0 Å². The first kappa shape index (κ1) is 8.40. The molecule has 0 spiro atoms. The molecular formula is C10H9NO4. The highest BCUT2D eigenvalue weighted by atomic mass is 16.7. The van der Waals surface area contributed by atoms with E-state index >= 15 is 0 Å². The predicted molar refractivity (Wildman–Crippen MR) is 51.3 cm³/mol. The summed E-state index contributed by atoms with van der Waals surface area (Å²) >= 11 is 0. The topological polar surface area (TPSA) is 67.8 Å². The molecule has 3 rings (SSSR count). The average Bonchev–Trinajstić information content (AvgIpc) is 2.82. The Morgan fingerprint density at radius 1 is 1.47 bits per heavy atom. The molecule has 0 amide bonds. The number of aliphatic carboxylic acids is 1. The summed E-state index contributed by atoms with van der Waals surface area (Å²) in [6, 6.07) is 3.06. The molecule has 0 aliphatic carbocycles. The molecule has 2 aliphatic heterocycles. The van der Waals surface area contributed by atoms with Crippen molar-refractivity contribution in [1.29, 1.82) is 0 Å². The van der Waals surface area contributed by atoms with Crippen molar-refractivity contribution in [2.24, 2.45) is 0 Å². The van der Waals surface area contributed by atoms with Crippen LogP contribution in [0.25, 0.3) is 0 Å². The van der Waals surface area contributed by atoms with Crippen LogP contribution >= 0.6 is 0 Å². The first-order valence-electron chi connectivity index (χ1n) is 4.66. The Morgan fingerprint density at radius 3 is 3.13 bits per heavy atom. The monoisotopic (exact) mass is 207 g/mol. The molecule has 1 aromatic carbocycles. The van der Waals surface area contributed by atoms with Gasteiger partial charge in [0.25, 0.3) is 0 Å². The molecule has 5 nitrogen and oxygen atoms in total. The van der Waals surface area contributed by atoms with E-state index < -0.39 is 12.0 Å². The summed E-state index contributed by atoms with van der Waals surface area (Å²) in [5.41, 5.74) is 1.73. The van der Waals surface area contributed by atoms with Gasteiger partial charge in [-0.15, -0.1) is 0 Å². The highest BCUT2D eigenvalue weighted by Crippen LogP contribution is 2.43. The van der Waals surface area contributed by atoms with Gasteiger partial charge in [-0.05, 0) is 12.1 Å². The van der Waals surface area contributed by atoms with Gasteiger partial charge in [0.1, 0.15) is 6.04 Å². The van der Waals surface area contributed by atoms with Gasteiger partial charge in [-0.25, -0.2) is 4.79 Å². The Hall–Kier alpha value is -1.91. The van der Waals surface area contributed by atoms with Gasteiger partial charge in [0.2, 0.25) is 6.79 Å². The summed E-state index contributed by atoms with van der Waals surface area (Å²) < 4.78 is 10.5. The van der Waals surface area contributed by atoms with Crippen molar-refractivity contribution < 1.29 is 19.4 Å². The number of ether oxygens (including phenoxy) is 2. The van der Waals surface area contributed by atoms with Crippen molar-refractivity contribution >= 4 is 11.7 Å². The largest absolute Gasteiger partial charge is 0.480 e. The van der Waals surface area contributed by atoms with E-state index in [9.17, 15) is 4.79 Å². The quantitative estimate of drug-likeness (QED) is 0.714. The molecule has 0 saturated heterocycles. The van der Waals surface area contributed by atoms with Crippen LogP contribution in [-0.2, 0) is 11.2 Å². The summed E-state index contributed by atoms with van der Waals surface area (Å²) in [4.78, 5) is 10.8. The fraction of sp³-hybridized carbons (Fsp3) is 0.300. The zero-order valence-electron chi connectivity index (χ0n) is 7.82. The Bertz CT molecular complexity index is 443.